The Kier molecular flexibility index (Phi) is 5.27. The monoisotopic (exact) mass is 414 g/mol. The van der Waals surface area contributed by atoms with Crippen molar-refractivity contribution in [3.8, 4) is 11.1 Å². The number of aryl methyl sites for hydroxylation is 1. The van der Waals surface area contributed by atoms with E-state index in [1.165, 1.54) is 0 Å². The SMILES string of the molecule is Cc1ccc2oc(=O)c(-c3ccccc3)c(C=C(c3ccccc3)c3ccccc3)c2c1. The smallest absolute Gasteiger partial charge is 0.344 e. The third-order valence-electron chi connectivity index (χ3n) is 5.62. The van der Waals surface area contributed by atoms with Gasteiger partial charge in [-0.05, 0) is 47.4 Å². The van der Waals surface area contributed by atoms with Crippen LogP contribution in [0.15, 0.2) is 118 Å². The number of benzene rings is 4. The summed E-state index contributed by atoms with van der Waals surface area (Å²) < 4.78 is 5.75. The molecule has 0 unspecified atom stereocenters. The van der Waals surface area contributed by atoms with Gasteiger partial charge in [-0.15, -0.1) is 0 Å². The van der Waals surface area contributed by atoms with E-state index in [2.05, 4.69) is 43.3 Å². The van der Waals surface area contributed by atoms with E-state index in [0.29, 0.717) is 11.1 Å². The number of fused-ring (bicyclic) bond motifs is 1. The van der Waals surface area contributed by atoms with Crippen LogP contribution < -0.4 is 5.63 Å². The molecule has 4 aromatic carbocycles. The molecule has 1 aromatic heterocycles. The topological polar surface area (TPSA) is 30.2 Å². The fraction of sp³-hybridized carbons (Fsp3) is 0.0333. The molecule has 32 heavy (non-hydrogen) atoms. The highest BCUT2D eigenvalue weighted by Crippen LogP contribution is 2.34. The van der Waals surface area contributed by atoms with Gasteiger partial charge in [-0.2, -0.15) is 0 Å². The van der Waals surface area contributed by atoms with Gasteiger partial charge >= 0.3 is 5.63 Å². The molecular weight excluding hydrogens is 392 g/mol. The second-order valence-electron chi connectivity index (χ2n) is 7.83. The fourth-order valence-electron chi connectivity index (χ4n) is 4.08. The Morgan fingerprint density at radius 1 is 0.719 bits per heavy atom. The molecule has 0 bridgehead atoms. The Labute approximate surface area is 187 Å². The molecular formula is C30H22O2. The highest BCUT2D eigenvalue weighted by molar-refractivity contribution is 6.02. The molecule has 0 aliphatic rings. The van der Waals surface area contributed by atoms with Crippen molar-refractivity contribution in [3.63, 3.8) is 0 Å². The van der Waals surface area contributed by atoms with E-state index in [4.69, 9.17) is 4.42 Å². The van der Waals surface area contributed by atoms with Crippen molar-refractivity contribution in [1.29, 1.82) is 0 Å². The number of hydrogen-bond donors (Lipinski definition) is 0. The summed E-state index contributed by atoms with van der Waals surface area (Å²) in [5.74, 6) is 0. The molecule has 0 aliphatic heterocycles. The van der Waals surface area contributed by atoms with Crippen LogP contribution in [0.5, 0.6) is 0 Å². The summed E-state index contributed by atoms with van der Waals surface area (Å²) in [5.41, 5.74) is 6.89. The first kappa shape index (κ1) is 19.8. The third kappa shape index (κ3) is 3.79. The van der Waals surface area contributed by atoms with Crippen molar-refractivity contribution < 1.29 is 4.42 Å². The quantitative estimate of drug-likeness (QED) is 0.288. The second kappa shape index (κ2) is 8.52. The molecule has 0 radical (unpaired) electrons. The van der Waals surface area contributed by atoms with Gasteiger partial charge in [0.05, 0.1) is 5.56 Å². The standard InChI is InChI=1S/C30H22O2/c1-21-17-18-28-26(19-21)27(29(30(31)32-28)24-15-9-4-10-16-24)20-25(22-11-5-2-6-12-22)23-13-7-3-8-14-23/h2-20H,1H3. The first-order valence-corrected chi connectivity index (χ1v) is 10.7. The molecule has 0 atom stereocenters. The van der Waals surface area contributed by atoms with Gasteiger partial charge in [-0.3, -0.25) is 0 Å². The maximum absolute atomic E-state index is 13.2. The molecule has 1 heterocycles. The third-order valence-corrected chi connectivity index (χ3v) is 5.62. The Morgan fingerprint density at radius 2 is 1.28 bits per heavy atom. The fourth-order valence-corrected chi connectivity index (χ4v) is 4.08. The lowest BCUT2D eigenvalue weighted by Crippen LogP contribution is -2.06. The summed E-state index contributed by atoms with van der Waals surface area (Å²) in [6.45, 7) is 2.05. The van der Waals surface area contributed by atoms with Gasteiger partial charge < -0.3 is 4.42 Å². The van der Waals surface area contributed by atoms with Crippen molar-refractivity contribution >= 4 is 22.6 Å². The van der Waals surface area contributed by atoms with Crippen molar-refractivity contribution in [2.75, 3.05) is 0 Å². The number of rotatable bonds is 4. The van der Waals surface area contributed by atoms with Crippen molar-refractivity contribution in [3.05, 3.63) is 142 Å². The maximum Gasteiger partial charge on any atom is 0.344 e. The molecule has 154 valence electrons. The summed E-state index contributed by atoms with van der Waals surface area (Å²) in [6, 6.07) is 36.2. The largest absolute Gasteiger partial charge is 0.422 e. The summed E-state index contributed by atoms with van der Waals surface area (Å²) in [5, 5.41) is 0.924. The highest BCUT2D eigenvalue weighted by Gasteiger charge is 2.17. The zero-order chi connectivity index (χ0) is 21.9. The Balaban J connectivity index is 1.90. The van der Waals surface area contributed by atoms with Crippen LogP contribution in [0.3, 0.4) is 0 Å². The van der Waals surface area contributed by atoms with Crippen molar-refractivity contribution in [2.24, 2.45) is 0 Å². The molecule has 0 saturated carbocycles. The lowest BCUT2D eigenvalue weighted by Gasteiger charge is -2.13. The average Bonchev–Trinajstić information content (AvgIpc) is 2.84. The van der Waals surface area contributed by atoms with Crippen LogP contribution in [-0.4, -0.2) is 0 Å². The predicted molar refractivity (Wildman–Crippen MR) is 133 cm³/mol. The van der Waals surface area contributed by atoms with Crippen LogP contribution in [-0.2, 0) is 0 Å². The van der Waals surface area contributed by atoms with E-state index in [1.54, 1.807) is 0 Å². The first-order chi connectivity index (χ1) is 15.7. The van der Waals surface area contributed by atoms with E-state index in [0.717, 1.165) is 38.8 Å². The van der Waals surface area contributed by atoms with Gasteiger partial charge in [0.25, 0.3) is 0 Å². The molecule has 0 saturated heterocycles. The Bertz CT molecular complexity index is 1420. The maximum atomic E-state index is 13.2. The van der Waals surface area contributed by atoms with Gasteiger partial charge in [0.15, 0.2) is 0 Å². The van der Waals surface area contributed by atoms with Gasteiger partial charge in [-0.1, -0.05) is 103 Å². The molecule has 0 N–H and O–H groups in total. The van der Waals surface area contributed by atoms with Crippen LogP contribution >= 0.6 is 0 Å². The molecule has 0 amide bonds. The zero-order valence-electron chi connectivity index (χ0n) is 17.8. The van der Waals surface area contributed by atoms with E-state index in [1.807, 2.05) is 78.9 Å². The van der Waals surface area contributed by atoms with Crippen LogP contribution in [0.25, 0.3) is 33.7 Å². The number of hydrogen-bond acceptors (Lipinski definition) is 2. The van der Waals surface area contributed by atoms with Crippen LogP contribution in [0.4, 0.5) is 0 Å². The van der Waals surface area contributed by atoms with E-state index in [9.17, 15) is 4.79 Å². The predicted octanol–water partition coefficient (Wildman–Crippen LogP) is 7.36. The Hall–Kier alpha value is -4.17. The molecule has 0 spiro atoms. The summed E-state index contributed by atoms with van der Waals surface area (Å²) in [7, 11) is 0. The molecule has 2 nitrogen and oxygen atoms in total. The van der Waals surface area contributed by atoms with E-state index < -0.39 is 0 Å². The molecule has 5 aromatic rings. The summed E-state index contributed by atoms with van der Waals surface area (Å²) in [6.07, 6.45) is 2.13. The van der Waals surface area contributed by atoms with Crippen LogP contribution in [0, 0.1) is 6.92 Å². The lowest BCUT2D eigenvalue weighted by molar-refractivity contribution is 0.563. The molecule has 0 aliphatic carbocycles. The zero-order valence-corrected chi connectivity index (χ0v) is 17.8. The molecule has 2 heteroatoms. The van der Waals surface area contributed by atoms with E-state index in [-0.39, 0.29) is 5.63 Å². The lowest BCUT2D eigenvalue weighted by atomic mass is 9.91. The summed E-state index contributed by atoms with van der Waals surface area (Å²) in [4.78, 5) is 13.2. The average molecular weight is 415 g/mol. The van der Waals surface area contributed by atoms with E-state index >= 15 is 0 Å². The first-order valence-electron chi connectivity index (χ1n) is 10.7. The van der Waals surface area contributed by atoms with Gasteiger partial charge in [0, 0.05) is 10.9 Å². The summed E-state index contributed by atoms with van der Waals surface area (Å²) >= 11 is 0. The molecule has 0 fully saturated rings. The Morgan fingerprint density at radius 3 is 1.88 bits per heavy atom. The van der Waals surface area contributed by atoms with Gasteiger partial charge in [0.2, 0.25) is 0 Å². The minimum Gasteiger partial charge on any atom is -0.422 e. The van der Waals surface area contributed by atoms with Gasteiger partial charge in [0.1, 0.15) is 5.58 Å². The minimum atomic E-state index is -0.334. The molecule has 5 rings (SSSR count). The van der Waals surface area contributed by atoms with Crippen molar-refractivity contribution in [2.45, 2.75) is 6.92 Å². The second-order valence-corrected chi connectivity index (χ2v) is 7.83. The minimum absolute atomic E-state index is 0.334. The van der Waals surface area contributed by atoms with Crippen LogP contribution in [0.1, 0.15) is 22.3 Å². The highest BCUT2D eigenvalue weighted by atomic mass is 16.4. The normalized spacial score (nSPS) is 10.8. The van der Waals surface area contributed by atoms with Crippen molar-refractivity contribution in [1.82, 2.24) is 0 Å². The van der Waals surface area contributed by atoms with Crippen LogP contribution in [0.2, 0.25) is 0 Å². The van der Waals surface area contributed by atoms with Gasteiger partial charge in [-0.25, -0.2) is 4.79 Å².